The number of nitrogens with one attached hydrogen (secondary N) is 1. The Morgan fingerprint density at radius 3 is 2.57 bits per heavy atom. The van der Waals surface area contributed by atoms with Crippen LogP contribution in [-0.4, -0.2) is 10.8 Å². The van der Waals surface area contributed by atoms with Crippen molar-refractivity contribution in [2.24, 2.45) is 5.41 Å². The number of hydrogen-bond donors (Lipinski definition) is 1. The Balaban J connectivity index is 2.51. The van der Waals surface area contributed by atoms with Gasteiger partial charge in [-0.25, -0.2) is 0 Å². The third-order valence-electron chi connectivity index (χ3n) is 2.87. The predicted octanol–water partition coefficient (Wildman–Crippen LogP) is 2.31. The summed E-state index contributed by atoms with van der Waals surface area (Å²) in [7, 11) is 0. The molecule has 21 heavy (non-hydrogen) atoms. The zero-order valence-corrected chi connectivity index (χ0v) is 13.6. The second kappa shape index (κ2) is 6.00. The van der Waals surface area contributed by atoms with Gasteiger partial charge in [0.1, 0.15) is 0 Å². The minimum atomic E-state index is -0.465. The fourth-order valence-corrected chi connectivity index (χ4v) is 2.66. The Morgan fingerprint density at radius 2 is 1.95 bits per heavy atom. The first kappa shape index (κ1) is 15.7. The van der Waals surface area contributed by atoms with Crippen LogP contribution in [0, 0.1) is 5.41 Å². The number of aromatic nitrogens is 1. The molecular formula is C16H16ClNO2S. The molecule has 110 valence electrons. The van der Waals surface area contributed by atoms with E-state index in [1.807, 2.05) is 39.0 Å². The number of ketones is 1. The van der Waals surface area contributed by atoms with E-state index in [0.717, 1.165) is 5.56 Å². The van der Waals surface area contributed by atoms with E-state index in [1.165, 1.54) is 17.4 Å². The van der Waals surface area contributed by atoms with Crippen molar-refractivity contribution >= 4 is 40.9 Å². The van der Waals surface area contributed by atoms with E-state index in [4.69, 9.17) is 11.6 Å². The molecule has 3 nitrogen and oxygen atoms in total. The van der Waals surface area contributed by atoms with E-state index >= 15 is 0 Å². The maximum absolute atomic E-state index is 12.0. The zero-order chi connectivity index (χ0) is 15.6. The summed E-state index contributed by atoms with van der Waals surface area (Å²) in [6.07, 6.45) is 3.21. The van der Waals surface area contributed by atoms with Gasteiger partial charge < -0.3 is 4.98 Å². The maximum atomic E-state index is 12.0. The third kappa shape index (κ3) is 3.93. The molecule has 0 amide bonds. The van der Waals surface area contributed by atoms with Crippen molar-refractivity contribution in [3.63, 3.8) is 0 Å². The van der Waals surface area contributed by atoms with Gasteiger partial charge in [0.25, 0.3) is 5.56 Å². The molecule has 0 radical (unpaired) electrons. The van der Waals surface area contributed by atoms with Crippen molar-refractivity contribution in [2.45, 2.75) is 20.8 Å². The number of thiazole rings is 1. The monoisotopic (exact) mass is 321 g/mol. The van der Waals surface area contributed by atoms with Crippen LogP contribution in [0.5, 0.6) is 0 Å². The first-order chi connectivity index (χ1) is 9.77. The fraction of sp³-hybridized carbons (Fsp3) is 0.250. The summed E-state index contributed by atoms with van der Waals surface area (Å²) < 4.78 is 1.08. The van der Waals surface area contributed by atoms with Crippen LogP contribution < -0.4 is 14.8 Å². The lowest BCUT2D eigenvalue weighted by Gasteiger charge is -2.12. The average molecular weight is 322 g/mol. The number of aromatic amines is 1. The van der Waals surface area contributed by atoms with Gasteiger partial charge >= 0.3 is 0 Å². The number of benzene rings is 1. The molecule has 1 aromatic carbocycles. The Bertz CT molecular complexity index is 840. The highest BCUT2D eigenvalue weighted by molar-refractivity contribution is 7.07. The number of H-pyrrole nitrogens is 1. The molecule has 5 heteroatoms. The zero-order valence-electron chi connectivity index (χ0n) is 12.1. The molecule has 0 saturated carbocycles. The molecule has 0 aliphatic carbocycles. The minimum absolute atomic E-state index is 0.0238. The Labute approximate surface area is 131 Å². The van der Waals surface area contributed by atoms with Crippen LogP contribution in [0.1, 0.15) is 26.3 Å². The maximum Gasteiger partial charge on any atom is 0.266 e. The first-order valence-corrected chi connectivity index (χ1v) is 7.68. The molecule has 0 atom stereocenters. The molecule has 1 N–H and O–H groups in total. The molecule has 0 spiro atoms. The molecule has 2 rings (SSSR count). The normalized spacial score (nSPS) is 13.7. The van der Waals surface area contributed by atoms with Crippen LogP contribution >= 0.6 is 22.9 Å². The molecule has 0 aliphatic rings. The number of carbonyl (C=O) groups is 1. The lowest BCUT2D eigenvalue weighted by molar-refractivity contribution is -0.119. The standard InChI is InChI=1S/C16H16ClNO2S/c1-16(2,3)13(19)9-14-18-15(20)12(21-14)8-10-6-4-5-7-11(10)17/h4-9H,1-3H3,(H,18,20)/b12-8+,14-9+. The highest BCUT2D eigenvalue weighted by atomic mass is 35.5. The highest BCUT2D eigenvalue weighted by Crippen LogP contribution is 2.15. The first-order valence-electron chi connectivity index (χ1n) is 6.49. The lowest BCUT2D eigenvalue weighted by Crippen LogP contribution is -2.22. The molecule has 0 bridgehead atoms. The molecule has 0 saturated heterocycles. The second-order valence-electron chi connectivity index (χ2n) is 5.71. The smallest absolute Gasteiger partial charge is 0.266 e. The molecule has 1 heterocycles. The molecule has 0 unspecified atom stereocenters. The Kier molecular flexibility index (Phi) is 4.49. The van der Waals surface area contributed by atoms with Gasteiger partial charge in [0, 0.05) is 16.5 Å². The molecule has 1 aromatic heterocycles. The van der Waals surface area contributed by atoms with Gasteiger partial charge in [-0.1, -0.05) is 50.6 Å². The van der Waals surface area contributed by atoms with Crippen LogP contribution in [0.4, 0.5) is 0 Å². The van der Waals surface area contributed by atoms with E-state index in [9.17, 15) is 9.59 Å². The topological polar surface area (TPSA) is 49.9 Å². The van der Waals surface area contributed by atoms with Gasteiger partial charge in [-0.05, 0) is 17.7 Å². The SMILES string of the molecule is CC(C)(C)C(=O)/C=c1\[nH]c(=O)/c(=C\c2ccccc2Cl)s1. The van der Waals surface area contributed by atoms with Crippen LogP contribution in [-0.2, 0) is 4.79 Å². The van der Waals surface area contributed by atoms with Gasteiger partial charge in [-0.15, -0.1) is 11.3 Å². The second-order valence-corrected chi connectivity index (χ2v) is 7.20. The summed E-state index contributed by atoms with van der Waals surface area (Å²) in [6, 6.07) is 7.30. The minimum Gasteiger partial charge on any atom is -0.313 e. The number of Topliss-reactive ketones (excluding diaryl/α,β-unsaturated/α-hetero) is 1. The summed E-state index contributed by atoms with van der Waals surface area (Å²) in [5.41, 5.74) is 0.0983. The lowest BCUT2D eigenvalue weighted by atomic mass is 9.91. The molecular weight excluding hydrogens is 306 g/mol. The van der Waals surface area contributed by atoms with Crippen molar-refractivity contribution in [1.82, 2.24) is 4.98 Å². The van der Waals surface area contributed by atoms with Gasteiger partial charge in [-0.3, -0.25) is 9.59 Å². The largest absolute Gasteiger partial charge is 0.313 e. The van der Waals surface area contributed by atoms with Crippen molar-refractivity contribution in [2.75, 3.05) is 0 Å². The summed E-state index contributed by atoms with van der Waals surface area (Å²) in [5, 5.41) is 0.585. The van der Waals surface area contributed by atoms with Crippen LogP contribution in [0.15, 0.2) is 29.1 Å². The molecule has 0 aliphatic heterocycles. The average Bonchev–Trinajstić information content (AvgIpc) is 2.71. The Hall–Kier alpha value is -1.65. The van der Waals surface area contributed by atoms with Crippen LogP contribution in [0.2, 0.25) is 5.02 Å². The number of carbonyl (C=O) groups excluding carboxylic acids is 1. The van der Waals surface area contributed by atoms with E-state index in [-0.39, 0.29) is 11.3 Å². The summed E-state index contributed by atoms with van der Waals surface area (Å²) >= 11 is 7.33. The van der Waals surface area contributed by atoms with Crippen molar-refractivity contribution in [3.05, 3.63) is 54.4 Å². The molecule has 2 aromatic rings. The molecule has 0 fully saturated rings. The van der Waals surface area contributed by atoms with Crippen molar-refractivity contribution in [1.29, 1.82) is 0 Å². The quantitative estimate of drug-likeness (QED) is 0.923. The summed E-state index contributed by atoms with van der Waals surface area (Å²) in [6.45, 7) is 5.52. The number of hydrogen-bond acceptors (Lipinski definition) is 3. The van der Waals surface area contributed by atoms with Gasteiger partial charge in [-0.2, -0.15) is 0 Å². The van der Waals surface area contributed by atoms with E-state index in [2.05, 4.69) is 4.98 Å². The predicted molar refractivity (Wildman–Crippen MR) is 88.1 cm³/mol. The third-order valence-corrected chi connectivity index (χ3v) is 4.18. The number of halogens is 1. The van der Waals surface area contributed by atoms with Gasteiger partial charge in [0.2, 0.25) is 0 Å². The van der Waals surface area contributed by atoms with Crippen LogP contribution in [0.25, 0.3) is 12.2 Å². The van der Waals surface area contributed by atoms with E-state index in [0.29, 0.717) is 14.2 Å². The Morgan fingerprint density at radius 1 is 1.29 bits per heavy atom. The van der Waals surface area contributed by atoms with Crippen molar-refractivity contribution < 1.29 is 4.79 Å². The van der Waals surface area contributed by atoms with Crippen molar-refractivity contribution in [3.8, 4) is 0 Å². The van der Waals surface area contributed by atoms with E-state index in [1.54, 1.807) is 12.1 Å². The summed E-state index contributed by atoms with van der Waals surface area (Å²) in [5.74, 6) is -0.0238. The number of rotatable bonds is 2. The van der Waals surface area contributed by atoms with E-state index < -0.39 is 5.41 Å². The summed E-state index contributed by atoms with van der Waals surface area (Å²) in [4.78, 5) is 26.6. The van der Waals surface area contributed by atoms with Gasteiger partial charge in [0.05, 0.1) is 9.20 Å². The fourth-order valence-electron chi connectivity index (χ4n) is 1.59. The van der Waals surface area contributed by atoms with Gasteiger partial charge in [0.15, 0.2) is 5.78 Å². The highest BCUT2D eigenvalue weighted by Gasteiger charge is 2.18. The van der Waals surface area contributed by atoms with Crippen LogP contribution in [0.3, 0.4) is 0 Å².